The summed E-state index contributed by atoms with van der Waals surface area (Å²) in [6, 6.07) is 0.524. The Balaban J connectivity index is 2.28. The quantitative estimate of drug-likeness (QED) is 0.399. The molecule has 0 amide bonds. The molecule has 0 atom stereocenters. The summed E-state index contributed by atoms with van der Waals surface area (Å²) < 4.78 is 0. The van der Waals surface area contributed by atoms with Crippen LogP contribution in [0.1, 0.15) is 0 Å². The first-order valence-corrected chi connectivity index (χ1v) is 2.69. The van der Waals surface area contributed by atoms with E-state index in [-0.39, 0.29) is 0 Å². The molecule has 2 nitrogen and oxygen atoms in total. The minimum atomic E-state index is 0.524. The van der Waals surface area contributed by atoms with Gasteiger partial charge in [-0.3, -0.25) is 0 Å². The van der Waals surface area contributed by atoms with E-state index < -0.39 is 0 Å². The summed E-state index contributed by atoms with van der Waals surface area (Å²) in [5.74, 6) is 0. The second kappa shape index (κ2) is 2.19. The number of hydrazine groups is 1. The normalized spacial score (nSPS) is 18.7. The fourth-order valence-electron chi connectivity index (χ4n) is 0.485. The second-order valence-electron chi connectivity index (χ2n) is 1.34. The third-order valence-electron chi connectivity index (χ3n) is 0.826. The monoisotopic (exact) mass is 118 g/mol. The van der Waals surface area contributed by atoms with E-state index >= 15 is 0 Å². The Labute approximate surface area is 47.7 Å². The molecular formula is C4H7ClN2. The number of halogens is 1. The highest BCUT2D eigenvalue weighted by Gasteiger charge is 1.97. The summed E-state index contributed by atoms with van der Waals surface area (Å²) >= 11 is 5.42. The van der Waals surface area contributed by atoms with Crippen molar-refractivity contribution in [3.8, 4) is 0 Å². The number of nitrogens with zero attached hydrogens (tertiary/aromatic N) is 1. The van der Waals surface area contributed by atoms with E-state index in [1.54, 1.807) is 0 Å². The molecule has 3 heteroatoms. The summed E-state index contributed by atoms with van der Waals surface area (Å²) in [5, 5.41) is 1.82. The Kier molecular flexibility index (Phi) is 1.54. The fraction of sp³-hybridized carbons (Fsp3) is 0.500. The van der Waals surface area contributed by atoms with Gasteiger partial charge in [0.05, 0.1) is 0 Å². The van der Waals surface area contributed by atoms with Gasteiger partial charge in [0.2, 0.25) is 0 Å². The summed E-state index contributed by atoms with van der Waals surface area (Å²) in [4.78, 5) is 0. The highest BCUT2D eigenvalue weighted by Crippen LogP contribution is 1.92. The van der Waals surface area contributed by atoms with E-state index in [2.05, 4.69) is 5.43 Å². The fourth-order valence-corrected chi connectivity index (χ4v) is 0.649. The van der Waals surface area contributed by atoms with Gasteiger partial charge in [-0.15, -0.1) is 11.6 Å². The SMILES string of the molecule is ClCN1C=CCN1. The van der Waals surface area contributed by atoms with Gasteiger partial charge in [-0.2, -0.15) is 0 Å². The molecule has 1 rings (SSSR count). The predicted octanol–water partition coefficient (Wildman–Crippen LogP) is 0.517. The van der Waals surface area contributed by atoms with Crippen LogP contribution < -0.4 is 5.43 Å². The molecule has 1 aliphatic rings. The van der Waals surface area contributed by atoms with Crippen molar-refractivity contribution in [2.45, 2.75) is 0 Å². The van der Waals surface area contributed by atoms with Crippen molar-refractivity contribution in [2.24, 2.45) is 0 Å². The summed E-state index contributed by atoms with van der Waals surface area (Å²) in [6.07, 6.45) is 3.94. The van der Waals surface area contributed by atoms with Crippen LogP contribution in [-0.2, 0) is 0 Å². The van der Waals surface area contributed by atoms with Crippen molar-refractivity contribution in [1.29, 1.82) is 0 Å². The number of hydrogen-bond donors (Lipinski definition) is 1. The molecule has 1 aliphatic heterocycles. The first-order chi connectivity index (χ1) is 3.43. The molecule has 0 bridgehead atoms. The standard InChI is InChI=1S/C4H7ClN2/c5-4-7-3-1-2-6-7/h1,3,6H,2,4H2. The van der Waals surface area contributed by atoms with Crippen molar-refractivity contribution in [3.05, 3.63) is 12.3 Å². The van der Waals surface area contributed by atoms with Crippen LogP contribution in [0.2, 0.25) is 0 Å². The lowest BCUT2D eigenvalue weighted by atomic mass is 10.7. The van der Waals surface area contributed by atoms with E-state index in [0.717, 1.165) is 6.54 Å². The maximum atomic E-state index is 5.42. The maximum Gasteiger partial charge on any atom is 0.108 e. The van der Waals surface area contributed by atoms with Crippen LogP contribution in [0.4, 0.5) is 0 Å². The van der Waals surface area contributed by atoms with Gasteiger partial charge in [0.1, 0.15) is 6.00 Å². The van der Waals surface area contributed by atoms with Gasteiger partial charge < -0.3 is 5.01 Å². The molecule has 0 radical (unpaired) electrons. The van der Waals surface area contributed by atoms with Gasteiger partial charge in [-0.25, -0.2) is 5.43 Å². The highest BCUT2D eigenvalue weighted by molar-refractivity contribution is 6.17. The zero-order valence-corrected chi connectivity index (χ0v) is 4.65. The van der Waals surface area contributed by atoms with Crippen molar-refractivity contribution in [3.63, 3.8) is 0 Å². The number of alkyl halides is 1. The smallest absolute Gasteiger partial charge is 0.108 e. The predicted molar refractivity (Wildman–Crippen MR) is 29.7 cm³/mol. The molecule has 0 aromatic rings. The van der Waals surface area contributed by atoms with E-state index in [4.69, 9.17) is 11.6 Å². The summed E-state index contributed by atoms with van der Waals surface area (Å²) in [6.45, 7) is 0.909. The first kappa shape index (κ1) is 4.94. The van der Waals surface area contributed by atoms with Crippen LogP contribution in [-0.4, -0.2) is 17.6 Å². The van der Waals surface area contributed by atoms with Crippen LogP contribution in [0, 0.1) is 0 Å². The second-order valence-corrected chi connectivity index (χ2v) is 1.58. The zero-order chi connectivity index (χ0) is 5.11. The van der Waals surface area contributed by atoms with Gasteiger partial charge >= 0.3 is 0 Å². The molecule has 0 aliphatic carbocycles. The molecule has 0 saturated carbocycles. The molecule has 7 heavy (non-hydrogen) atoms. The van der Waals surface area contributed by atoms with Gasteiger partial charge in [0, 0.05) is 12.7 Å². The van der Waals surface area contributed by atoms with E-state index in [1.807, 2.05) is 17.3 Å². The molecule has 0 saturated heterocycles. The molecule has 0 fully saturated rings. The Hall–Kier alpha value is -0.210. The van der Waals surface area contributed by atoms with Gasteiger partial charge in [-0.05, 0) is 0 Å². The van der Waals surface area contributed by atoms with E-state index in [9.17, 15) is 0 Å². The first-order valence-electron chi connectivity index (χ1n) is 2.16. The highest BCUT2D eigenvalue weighted by atomic mass is 35.5. The molecule has 0 aromatic heterocycles. The third-order valence-corrected chi connectivity index (χ3v) is 1.08. The zero-order valence-electron chi connectivity index (χ0n) is 3.89. The van der Waals surface area contributed by atoms with Crippen molar-refractivity contribution >= 4 is 11.6 Å². The number of nitrogens with one attached hydrogen (secondary N) is 1. The molecule has 0 spiro atoms. The molecular weight excluding hydrogens is 112 g/mol. The van der Waals surface area contributed by atoms with Gasteiger partial charge in [-0.1, -0.05) is 6.08 Å². The molecule has 0 unspecified atom stereocenters. The maximum absolute atomic E-state index is 5.42. The molecule has 40 valence electrons. The van der Waals surface area contributed by atoms with Gasteiger partial charge in [0.25, 0.3) is 0 Å². The Morgan fingerprint density at radius 1 is 1.86 bits per heavy atom. The van der Waals surface area contributed by atoms with E-state index in [0.29, 0.717) is 6.00 Å². The summed E-state index contributed by atoms with van der Waals surface area (Å²) in [5.41, 5.74) is 3.00. The van der Waals surface area contributed by atoms with Crippen LogP contribution >= 0.6 is 11.6 Å². The van der Waals surface area contributed by atoms with Crippen LogP contribution in [0.5, 0.6) is 0 Å². The number of hydrogen-bond acceptors (Lipinski definition) is 2. The Morgan fingerprint density at radius 3 is 3.00 bits per heavy atom. The van der Waals surface area contributed by atoms with Crippen LogP contribution in [0.15, 0.2) is 12.3 Å². The van der Waals surface area contributed by atoms with Crippen molar-refractivity contribution in [1.82, 2.24) is 10.4 Å². The Morgan fingerprint density at radius 2 is 2.71 bits per heavy atom. The van der Waals surface area contributed by atoms with Crippen LogP contribution in [0.3, 0.4) is 0 Å². The Bertz CT molecular complexity index is 81.8. The average Bonchev–Trinajstić information content (AvgIpc) is 2.14. The average molecular weight is 119 g/mol. The van der Waals surface area contributed by atoms with Gasteiger partial charge in [0.15, 0.2) is 0 Å². The lowest BCUT2D eigenvalue weighted by Gasteiger charge is -2.09. The summed E-state index contributed by atoms with van der Waals surface area (Å²) in [7, 11) is 0. The molecule has 1 N–H and O–H groups in total. The van der Waals surface area contributed by atoms with E-state index in [1.165, 1.54) is 0 Å². The van der Waals surface area contributed by atoms with Crippen LogP contribution in [0.25, 0.3) is 0 Å². The van der Waals surface area contributed by atoms with Crippen molar-refractivity contribution < 1.29 is 0 Å². The lowest BCUT2D eigenvalue weighted by molar-refractivity contribution is 0.356. The molecule has 1 heterocycles. The lowest BCUT2D eigenvalue weighted by Crippen LogP contribution is -2.26. The van der Waals surface area contributed by atoms with Crippen molar-refractivity contribution in [2.75, 3.05) is 12.5 Å². The topological polar surface area (TPSA) is 15.3 Å². The minimum Gasteiger partial charge on any atom is -0.301 e. The largest absolute Gasteiger partial charge is 0.301 e. The molecule has 0 aromatic carbocycles. The third kappa shape index (κ3) is 1.08. The number of rotatable bonds is 1. The minimum absolute atomic E-state index is 0.524.